The number of hydrogen-bond donors (Lipinski definition) is 0. The van der Waals surface area contributed by atoms with Gasteiger partial charge in [0.1, 0.15) is 0 Å². The summed E-state index contributed by atoms with van der Waals surface area (Å²) in [6.07, 6.45) is 9.82. The Morgan fingerprint density at radius 2 is 2.25 bits per heavy atom. The van der Waals surface area contributed by atoms with E-state index >= 15 is 0 Å². The Hall–Kier alpha value is -1.14. The minimum atomic E-state index is 0.106. The molecule has 0 bridgehead atoms. The first-order valence-corrected chi connectivity index (χ1v) is 4.06. The fourth-order valence-electron chi connectivity index (χ4n) is 1.31. The van der Waals surface area contributed by atoms with E-state index < -0.39 is 0 Å². The Morgan fingerprint density at radius 3 is 2.83 bits per heavy atom. The van der Waals surface area contributed by atoms with Crippen molar-refractivity contribution in [3.63, 3.8) is 0 Å². The highest BCUT2D eigenvalue weighted by molar-refractivity contribution is 5.33. The average Bonchev–Trinajstić information content (AvgIpc) is 2.02. The maximum absolute atomic E-state index is 9.92. The van der Waals surface area contributed by atoms with Crippen LogP contribution in [0.25, 0.3) is 0 Å². The minimum absolute atomic E-state index is 0.106. The third kappa shape index (κ3) is 1.93. The van der Waals surface area contributed by atoms with Crippen molar-refractivity contribution in [2.24, 2.45) is 16.3 Å². The van der Waals surface area contributed by atoms with E-state index in [-0.39, 0.29) is 5.41 Å². The van der Waals surface area contributed by atoms with Crippen LogP contribution in [0.4, 0.5) is 0 Å². The van der Waals surface area contributed by atoms with Gasteiger partial charge in [0.15, 0.2) is 0 Å². The predicted octanol–water partition coefficient (Wildman–Crippen LogP) is 2.09. The van der Waals surface area contributed by atoms with E-state index in [1.165, 1.54) is 0 Å². The molecule has 2 nitrogen and oxygen atoms in total. The van der Waals surface area contributed by atoms with Gasteiger partial charge in [-0.3, -0.25) is 0 Å². The van der Waals surface area contributed by atoms with Gasteiger partial charge >= 0.3 is 0 Å². The Labute approximate surface area is 72.7 Å². The molecule has 0 spiro atoms. The Bertz CT molecular complexity index is 257. The quantitative estimate of drug-likeness (QED) is 0.452. The summed E-state index contributed by atoms with van der Waals surface area (Å²) in [6.45, 7) is 4.81. The van der Waals surface area contributed by atoms with E-state index in [9.17, 15) is 4.79 Å². The van der Waals surface area contributed by atoms with E-state index in [0.29, 0.717) is 12.5 Å². The third-order valence-corrected chi connectivity index (χ3v) is 2.29. The maximum Gasteiger partial charge on any atom is 0.234 e. The second-order valence-electron chi connectivity index (χ2n) is 3.60. The molecule has 1 unspecified atom stereocenters. The topological polar surface area (TPSA) is 29.4 Å². The summed E-state index contributed by atoms with van der Waals surface area (Å²) in [5, 5.41) is 0. The molecule has 64 valence electrons. The number of hydrogen-bond acceptors (Lipinski definition) is 2. The highest BCUT2D eigenvalue weighted by atomic mass is 16.1. The van der Waals surface area contributed by atoms with Crippen molar-refractivity contribution in [2.75, 3.05) is 6.54 Å². The van der Waals surface area contributed by atoms with Gasteiger partial charge in [-0.15, -0.1) is 0 Å². The zero-order valence-electron chi connectivity index (χ0n) is 7.45. The van der Waals surface area contributed by atoms with Crippen molar-refractivity contribution in [3.8, 4) is 0 Å². The van der Waals surface area contributed by atoms with Crippen molar-refractivity contribution in [2.45, 2.75) is 13.8 Å². The number of nitrogens with zero attached hydrogens (tertiary/aromatic N) is 1. The molecular formula is C10H13NO. The lowest BCUT2D eigenvalue weighted by atomic mass is 9.76. The molecule has 0 aliphatic heterocycles. The highest BCUT2D eigenvalue weighted by Gasteiger charge is 2.25. The minimum Gasteiger partial charge on any atom is -0.211 e. The summed E-state index contributed by atoms with van der Waals surface area (Å²) >= 11 is 0. The van der Waals surface area contributed by atoms with Crippen LogP contribution >= 0.6 is 0 Å². The van der Waals surface area contributed by atoms with Crippen LogP contribution in [-0.4, -0.2) is 12.6 Å². The first-order chi connectivity index (χ1) is 5.67. The summed E-state index contributed by atoms with van der Waals surface area (Å²) in [5.41, 5.74) is 0.106. The zero-order valence-corrected chi connectivity index (χ0v) is 7.45. The summed E-state index contributed by atoms with van der Waals surface area (Å²) in [4.78, 5) is 13.5. The predicted molar refractivity (Wildman–Crippen MR) is 48.5 cm³/mol. The number of aliphatic imine (C=N–C) groups is 1. The Kier molecular flexibility index (Phi) is 2.61. The van der Waals surface area contributed by atoms with Crippen LogP contribution in [0.3, 0.4) is 0 Å². The van der Waals surface area contributed by atoms with Gasteiger partial charge in [-0.05, 0) is 5.41 Å². The number of carbonyl (C=O) groups excluding carboxylic acids is 1. The van der Waals surface area contributed by atoms with Crippen LogP contribution in [-0.2, 0) is 4.79 Å². The monoisotopic (exact) mass is 163 g/mol. The Morgan fingerprint density at radius 1 is 1.50 bits per heavy atom. The second-order valence-corrected chi connectivity index (χ2v) is 3.60. The van der Waals surface area contributed by atoms with Crippen LogP contribution in [0.1, 0.15) is 13.8 Å². The lowest BCUT2D eigenvalue weighted by Crippen LogP contribution is -2.24. The SMILES string of the molecule is CC1(C)C=CC=CC1CN=C=O. The molecule has 0 heterocycles. The first kappa shape index (κ1) is 8.95. The average molecular weight is 163 g/mol. The zero-order chi connectivity index (χ0) is 9.03. The summed E-state index contributed by atoms with van der Waals surface area (Å²) in [5.74, 6) is 0.323. The lowest BCUT2D eigenvalue weighted by Gasteiger charge is -2.29. The van der Waals surface area contributed by atoms with Crippen LogP contribution in [0, 0.1) is 11.3 Å². The second kappa shape index (κ2) is 3.51. The molecule has 0 aromatic carbocycles. The molecule has 1 rings (SSSR count). The summed E-state index contributed by atoms with van der Waals surface area (Å²) < 4.78 is 0. The van der Waals surface area contributed by atoms with E-state index in [1.807, 2.05) is 12.2 Å². The number of rotatable bonds is 2. The molecule has 0 aromatic rings. The molecule has 0 fully saturated rings. The van der Waals surface area contributed by atoms with E-state index in [0.717, 1.165) is 0 Å². The van der Waals surface area contributed by atoms with Crippen molar-refractivity contribution >= 4 is 6.08 Å². The molecular weight excluding hydrogens is 150 g/mol. The van der Waals surface area contributed by atoms with Gasteiger partial charge in [0.2, 0.25) is 6.08 Å². The normalized spacial score (nSPS) is 25.0. The van der Waals surface area contributed by atoms with Gasteiger partial charge in [0.25, 0.3) is 0 Å². The van der Waals surface area contributed by atoms with Crippen LogP contribution in [0.15, 0.2) is 29.3 Å². The van der Waals surface area contributed by atoms with Crippen LogP contribution < -0.4 is 0 Å². The van der Waals surface area contributed by atoms with Crippen molar-refractivity contribution in [3.05, 3.63) is 24.3 Å². The van der Waals surface area contributed by atoms with E-state index in [1.54, 1.807) is 6.08 Å². The molecule has 0 radical (unpaired) electrons. The number of isocyanates is 1. The van der Waals surface area contributed by atoms with Crippen molar-refractivity contribution in [1.82, 2.24) is 0 Å². The van der Waals surface area contributed by atoms with Gasteiger partial charge in [0.05, 0.1) is 6.54 Å². The molecule has 1 aliphatic carbocycles. The molecule has 1 aliphatic rings. The Balaban J connectivity index is 2.69. The molecule has 1 atom stereocenters. The standard InChI is InChI=1S/C10H13NO/c1-10(2)6-4-3-5-9(10)7-11-8-12/h3-6,9H,7H2,1-2H3. The van der Waals surface area contributed by atoms with Gasteiger partial charge < -0.3 is 0 Å². The maximum atomic E-state index is 9.92. The van der Waals surface area contributed by atoms with Gasteiger partial charge in [0, 0.05) is 5.92 Å². The van der Waals surface area contributed by atoms with Gasteiger partial charge in [-0.1, -0.05) is 38.2 Å². The highest BCUT2D eigenvalue weighted by Crippen LogP contribution is 2.32. The van der Waals surface area contributed by atoms with Crippen LogP contribution in [0.5, 0.6) is 0 Å². The van der Waals surface area contributed by atoms with E-state index in [4.69, 9.17) is 0 Å². The van der Waals surface area contributed by atoms with Crippen molar-refractivity contribution < 1.29 is 4.79 Å². The first-order valence-electron chi connectivity index (χ1n) is 4.06. The summed E-state index contributed by atoms with van der Waals surface area (Å²) in [7, 11) is 0. The molecule has 2 heteroatoms. The molecule has 12 heavy (non-hydrogen) atoms. The smallest absolute Gasteiger partial charge is 0.211 e. The van der Waals surface area contributed by atoms with Gasteiger partial charge in [-0.25, -0.2) is 9.79 Å². The fraction of sp³-hybridized carbons (Fsp3) is 0.500. The van der Waals surface area contributed by atoms with Gasteiger partial charge in [-0.2, -0.15) is 0 Å². The molecule has 0 aromatic heterocycles. The third-order valence-electron chi connectivity index (χ3n) is 2.29. The van der Waals surface area contributed by atoms with Crippen molar-refractivity contribution in [1.29, 1.82) is 0 Å². The lowest BCUT2D eigenvalue weighted by molar-refractivity contribution is 0.346. The summed E-state index contributed by atoms with van der Waals surface area (Å²) in [6, 6.07) is 0. The molecule has 0 saturated carbocycles. The number of allylic oxidation sites excluding steroid dienone is 3. The van der Waals surface area contributed by atoms with Crippen LogP contribution in [0.2, 0.25) is 0 Å². The van der Waals surface area contributed by atoms with E-state index in [2.05, 4.69) is 31.0 Å². The molecule has 0 N–H and O–H groups in total. The molecule has 0 amide bonds. The molecule has 0 saturated heterocycles. The fourth-order valence-corrected chi connectivity index (χ4v) is 1.31. The largest absolute Gasteiger partial charge is 0.234 e.